The summed E-state index contributed by atoms with van der Waals surface area (Å²) in [5, 5.41) is 12.1. The molecule has 0 bridgehead atoms. The van der Waals surface area contributed by atoms with Crippen LogP contribution in [0.2, 0.25) is 0 Å². The van der Waals surface area contributed by atoms with Gasteiger partial charge in [-0.15, -0.1) is 0 Å². The van der Waals surface area contributed by atoms with Crippen LogP contribution < -0.4 is 10.1 Å². The lowest BCUT2D eigenvalue weighted by atomic mass is 9.93. The Morgan fingerprint density at radius 1 is 1.19 bits per heavy atom. The van der Waals surface area contributed by atoms with E-state index < -0.39 is 17.9 Å². The van der Waals surface area contributed by atoms with E-state index in [0.29, 0.717) is 31.1 Å². The normalized spacial score (nSPS) is 24.0. The fourth-order valence-electron chi connectivity index (χ4n) is 3.30. The van der Waals surface area contributed by atoms with E-state index in [2.05, 4.69) is 5.32 Å². The molecule has 1 aromatic carbocycles. The predicted molar refractivity (Wildman–Crippen MR) is 93.3 cm³/mol. The monoisotopic (exact) mass is 363 g/mol. The van der Waals surface area contributed by atoms with Crippen molar-refractivity contribution >= 4 is 11.9 Å². The highest BCUT2D eigenvalue weighted by Crippen LogP contribution is 2.19. The van der Waals surface area contributed by atoms with Crippen LogP contribution in [-0.2, 0) is 14.3 Å². The molecule has 2 aliphatic heterocycles. The van der Waals surface area contributed by atoms with Gasteiger partial charge in [0.05, 0.1) is 12.7 Å². The first-order valence-electron chi connectivity index (χ1n) is 9.09. The summed E-state index contributed by atoms with van der Waals surface area (Å²) in [7, 11) is 0. The molecule has 2 N–H and O–H groups in total. The molecule has 0 spiro atoms. The maximum atomic E-state index is 12.4. The first kappa shape index (κ1) is 18.7. The summed E-state index contributed by atoms with van der Waals surface area (Å²) in [5.74, 6) is -0.995. The second-order valence-corrected chi connectivity index (χ2v) is 6.74. The van der Waals surface area contributed by atoms with Crippen LogP contribution >= 0.6 is 0 Å². The lowest BCUT2D eigenvalue weighted by Crippen LogP contribution is -2.48. The average molecular weight is 363 g/mol. The molecule has 3 unspecified atom stereocenters. The van der Waals surface area contributed by atoms with E-state index >= 15 is 0 Å². The van der Waals surface area contributed by atoms with Crippen molar-refractivity contribution in [3.05, 3.63) is 29.8 Å². The summed E-state index contributed by atoms with van der Waals surface area (Å²) < 4.78 is 16.5. The van der Waals surface area contributed by atoms with Crippen molar-refractivity contribution in [3.63, 3.8) is 0 Å². The Bertz CT molecular complexity index is 605. The molecule has 2 fully saturated rings. The zero-order valence-corrected chi connectivity index (χ0v) is 14.7. The summed E-state index contributed by atoms with van der Waals surface area (Å²) >= 11 is 0. The number of ether oxygens (including phenoxy) is 3. The van der Waals surface area contributed by atoms with Crippen LogP contribution in [0.3, 0.4) is 0 Å². The highest BCUT2D eigenvalue weighted by atomic mass is 16.5. The Labute approximate surface area is 152 Å². The van der Waals surface area contributed by atoms with Gasteiger partial charge in [0.1, 0.15) is 18.4 Å². The van der Waals surface area contributed by atoms with Crippen molar-refractivity contribution < 1.29 is 28.9 Å². The highest BCUT2D eigenvalue weighted by Gasteiger charge is 2.31. The molecule has 3 atom stereocenters. The third-order valence-corrected chi connectivity index (χ3v) is 4.80. The van der Waals surface area contributed by atoms with Crippen LogP contribution in [-0.4, -0.2) is 55.6 Å². The van der Waals surface area contributed by atoms with Crippen molar-refractivity contribution in [3.8, 4) is 5.75 Å². The lowest BCUT2D eigenvalue weighted by Gasteiger charge is -2.28. The standard InChI is InChI=1S/C19H25NO6/c21-18(20-17(19(22)23)14-3-1-9-24-11-14)13-5-7-15(8-6-13)26-12-16-4-2-10-25-16/h5-8,14,16-17H,1-4,9-12H2,(H,20,21)(H,22,23). The molecule has 1 amide bonds. The smallest absolute Gasteiger partial charge is 0.326 e. The SMILES string of the molecule is O=C(NC(C(=O)O)C1CCCOC1)c1ccc(OCC2CCCO2)cc1. The van der Waals surface area contributed by atoms with Gasteiger partial charge in [0.25, 0.3) is 5.91 Å². The zero-order chi connectivity index (χ0) is 18.4. The predicted octanol–water partition coefficient (Wildman–Crippen LogP) is 1.85. The number of carbonyl (C=O) groups excluding carboxylic acids is 1. The Kier molecular flexibility index (Phi) is 6.46. The maximum Gasteiger partial charge on any atom is 0.326 e. The van der Waals surface area contributed by atoms with E-state index in [1.807, 2.05) is 0 Å². The van der Waals surface area contributed by atoms with E-state index in [9.17, 15) is 14.7 Å². The van der Waals surface area contributed by atoms with E-state index in [-0.39, 0.29) is 12.0 Å². The van der Waals surface area contributed by atoms with Gasteiger partial charge in [-0.2, -0.15) is 0 Å². The molecule has 0 aliphatic carbocycles. The fraction of sp³-hybridized carbons (Fsp3) is 0.579. The molecule has 2 heterocycles. The van der Waals surface area contributed by atoms with Gasteiger partial charge in [0.2, 0.25) is 0 Å². The highest BCUT2D eigenvalue weighted by molar-refractivity contribution is 5.96. The van der Waals surface area contributed by atoms with E-state index in [1.54, 1.807) is 24.3 Å². The number of rotatable bonds is 7. The zero-order valence-electron chi connectivity index (χ0n) is 14.7. The molecule has 2 aliphatic rings. The summed E-state index contributed by atoms with van der Waals surface area (Å²) in [4.78, 5) is 23.9. The molecule has 3 rings (SSSR count). The van der Waals surface area contributed by atoms with Crippen LogP contribution in [0.1, 0.15) is 36.0 Å². The van der Waals surface area contributed by atoms with Gasteiger partial charge < -0.3 is 24.6 Å². The van der Waals surface area contributed by atoms with Gasteiger partial charge in [-0.1, -0.05) is 0 Å². The summed E-state index contributed by atoms with van der Waals surface area (Å²) in [5.41, 5.74) is 0.400. The lowest BCUT2D eigenvalue weighted by molar-refractivity contribution is -0.142. The topological polar surface area (TPSA) is 94.1 Å². The van der Waals surface area contributed by atoms with Gasteiger partial charge >= 0.3 is 5.97 Å². The number of nitrogens with one attached hydrogen (secondary N) is 1. The minimum Gasteiger partial charge on any atom is -0.491 e. The van der Waals surface area contributed by atoms with Crippen molar-refractivity contribution in [1.29, 1.82) is 0 Å². The van der Waals surface area contributed by atoms with Gasteiger partial charge in [-0.25, -0.2) is 4.79 Å². The molecule has 142 valence electrons. The minimum atomic E-state index is -1.04. The number of carboxylic acids is 1. The van der Waals surface area contributed by atoms with Crippen molar-refractivity contribution in [2.75, 3.05) is 26.4 Å². The number of benzene rings is 1. The molecule has 26 heavy (non-hydrogen) atoms. The minimum absolute atomic E-state index is 0.131. The van der Waals surface area contributed by atoms with Crippen molar-refractivity contribution in [2.45, 2.75) is 37.8 Å². The third kappa shape index (κ3) is 4.95. The summed E-state index contributed by atoms with van der Waals surface area (Å²) in [6.07, 6.45) is 3.73. The number of amides is 1. The Morgan fingerprint density at radius 3 is 2.58 bits per heavy atom. The quantitative estimate of drug-likeness (QED) is 0.768. The fourth-order valence-corrected chi connectivity index (χ4v) is 3.30. The maximum absolute atomic E-state index is 12.4. The first-order valence-corrected chi connectivity index (χ1v) is 9.09. The second-order valence-electron chi connectivity index (χ2n) is 6.74. The number of carbonyl (C=O) groups is 2. The molecule has 0 aromatic heterocycles. The van der Waals surface area contributed by atoms with Crippen LogP contribution in [0, 0.1) is 5.92 Å². The molecule has 0 saturated carbocycles. The number of carboxylic acid groups (broad SMARTS) is 1. The van der Waals surface area contributed by atoms with Crippen molar-refractivity contribution in [2.24, 2.45) is 5.92 Å². The van der Waals surface area contributed by atoms with Crippen molar-refractivity contribution in [1.82, 2.24) is 5.32 Å². The molecule has 2 saturated heterocycles. The van der Waals surface area contributed by atoms with E-state index in [0.717, 1.165) is 32.3 Å². The van der Waals surface area contributed by atoms with E-state index in [4.69, 9.17) is 14.2 Å². The Morgan fingerprint density at radius 2 is 1.96 bits per heavy atom. The van der Waals surface area contributed by atoms with Crippen LogP contribution in [0.4, 0.5) is 0 Å². The van der Waals surface area contributed by atoms with Crippen LogP contribution in [0.5, 0.6) is 5.75 Å². The Hall–Kier alpha value is -2.12. The molecule has 0 radical (unpaired) electrons. The second kappa shape index (κ2) is 9.00. The number of aliphatic carboxylic acids is 1. The molecular formula is C19H25NO6. The van der Waals surface area contributed by atoms with Crippen LogP contribution in [0.15, 0.2) is 24.3 Å². The van der Waals surface area contributed by atoms with Gasteiger partial charge in [0.15, 0.2) is 0 Å². The molecule has 7 heteroatoms. The molecular weight excluding hydrogens is 338 g/mol. The summed E-state index contributed by atoms with van der Waals surface area (Å²) in [6.45, 7) is 2.27. The van der Waals surface area contributed by atoms with E-state index in [1.165, 1.54) is 0 Å². The largest absolute Gasteiger partial charge is 0.491 e. The number of hydrogen-bond donors (Lipinski definition) is 2. The number of hydrogen-bond acceptors (Lipinski definition) is 5. The van der Waals surface area contributed by atoms with Crippen LogP contribution in [0.25, 0.3) is 0 Å². The third-order valence-electron chi connectivity index (χ3n) is 4.80. The molecule has 1 aromatic rings. The first-order chi connectivity index (χ1) is 12.6. The summed E-state index contributed by atoms with van der Waals surface area (Å²) in [6, 6.07) is 5.75. The average Bonchev–Trinajstić information content (AvgIpc) is 3.19. The van der Waals surface area contributed by atoms with Gasteiger partial charge in [-0.05, 0) is 49.9 Å². The van der Waals surface area contributed by atoms with Gasteiger partial charge in [0, 0.05) is 24.7 Å². The Balaban J connectivity index is 1.55. The molecule has 7 nitrogen and oxygen atoms in total. The van der Waals surface area contributed by atoms with Gasteiger partial charge in [-0.3, -0.25) is 4.79 Å².